The van der Waals surface area contributed by atoms with E-state index in [1.165, 1.54) is 11.1 Å². The smallest absolute Gasteiger partial charge is 0.320 e. The number of carbonyl (C=O) groups is 1. The van der Waals surface area contributed by atoms with Gasteiger partial charge in [0.2, 0.25) is 0 Å². The maximum atomic E-state index is 13.0. The van der Waals surface area contributed by atoms with Gasteiger partial charge in [-0.05, 0) is 60.8 Å². The van der Waals surface area contributed by atoms with E-state index in [4.69, 9.17) is 0 Å². The Kier molecular flexibility index (Phi) is 4.50. The third-order valence-corrected chi connectivity index (χ3v) is 6.38. The van der Waals surface area contributed by atoms with Crippen molar-refractivity contribution < 1.29 is 9.90 Å². The van der Waals surface area contributed by atoms with Gasteiger partial charge in [-0.2, -0.15) is 0 Å². The summed E-state index contributed by atoms with van der Waals surface area (Å²) in [7, 11) is 0. The van der Waals surface area contributed by atoms with Crippen LogP contribution in [0.5, 0.6) is 5.75 Å². The summed E-state index contributed by atoms with van der Waals surface area (Å²) in [4.78, 5) is 17.1. The number of amides is 2. The normalized spacial score (nSPS) is 28.4. The van der Waals surface area contributed by atoms with Gasteiger partial charge in [-0.3, -0.25) is 0 Å². The number of hydrogen-bond donors (Lipinski definition) is 1. The molecule has 2 aliphatic rings. The summed E-state index contributed by atoms with van der Waals surface area (Å²) in [5.41, 5.74) is 2.60. The van der Waals surface area contributed by atoms with Crippen LogP contribution in [0, 0.1) is 5.92 Å². The number of carbonyl (C=O) groups excluding carboxylic acids is 1. The van der Waals surface area contributed by atoms with Gasteiger partial charge >= 0.3 is 6.03 Å². The number of rotatable bonds is 3. The lowest BCUT2D eigenvalue weighted by Crippen LogP contribution is -2.61. The minimum atomic E-state index is 0.0373. The van der Waals surface area contributed by atoms with Gasteiger partial charge in [0.15, 0.2) is 0 Å². The summed E-state index contributed by atoms with van der Waals surface area (Å²) in [6, 6.07) is 6.20. The van der Waals surface area contributed by atoms with Gasteiger partial charge in [-0.25, -0.2) is 4.79 Å². The Morgan fingerprint density at radius 2 is 2.17 bits per heavy atom. The van der Waals surface area contributed by atoms with E-state index in [9.17, 15) is 9.90 Å². The minimum Gasteiger partial charge on any atom is -0.508 e. The Balaban J connectivity index is 1.93. The second kappa shape index (κ2) is 6.30. The van der Waals surface area contributed by atoms with Crippen molar-refractivity contribution in [2.24, 2.45) is 5.92 Å². The predicted octanol–water partition coefficient (Wildman–Crippen LogP) is 3.77. The van der Waals surface area contributed by atoms with Crippen LogP contribution in [0.3, 0.4) is 0 Å². The second-order valence-electron chi connectivity index (χ2n) is 7.62. The van der Waals surface area contributed by atoms with Crippen molar-refractivity contribution in [3.05, 3.63) is 29.3 Å². The summed E-state index contributed by atoms with van der Waals surface area (Å²) in [6.07, 6.45) is 2.84. The molecule has 1 N–H and O–H groups in total. The lowest BCUT2D eigenvalue weighted by molar-refractivity contribution is 0.0412. The van der Waals surface area contributed by atoms with E-state index >= 15 is 0 Å². The van der Waals surface area contributed by atoms with Crippen molar-refractivity contribution >= 4 is 6.03 Å². The Morgan fingerprint density at radius 3 is 2.83 bits per heavy atom. The topological polar surface area (TPSA) is 43.8 Å². The summed E-state index contributed by atoms with van der Waals surface area (Å²) < 4.78 is 0. The fourth-order valence-electron chi connectivity index (χ4n) is 4.69. The Hall–Kier alpha value is -1.71. The standard InChI is InChI=1S/C20H30N2O2/c1-5-10-21(6-2)19(24)22-11-9-20(4)14(3)18(22)12-15-7-8-16(23)13-17(15)20/h7-8,13-14,18,23H,5-6,9-12H2,1-4H3. The first-order valence-electron chi connectivity index (χ1n) is 9.30. The number of phenolic OH excluding ortho intramolecular Hbond substituents is 1. The van der Waals surface area contributed by atoms with E-state index in [1.54, 1.807) is 6.07 Å². The SMILES string of the molecule is CCCN(CC)C(=O)N1CCC2(C)c3cc(O)ccc3CC1C2C. The molecule has 0 spiro atoms. The molecule has 24 heavy (non-hydrogen) atoms. The number of likely N-dealkylation sites (tertiary alicyclic amines) is 1. The fraction of sp³-hybridized carbons (Fsp3) is 0.650. The summed E-state index contributed by atoms with van der Waals surface area (Å²) in [6.45, 7) is 11.2. The zero-order chi connectivity index (χ0) is 17.5. The van der Waals surface area contributed by atoms with E-state index in [2.05, 4.69) is 32.6 Å². The van der Waals surface area contributed by atoms with E-state index in [-0.39, 0.29) is 17.5 Å². The molecule has 3 rings (SSSR count). The molecule has 1 saturated heterocycles. The van der Waals surface area contributed by atoms with Crippen molar-refractivity contribution in [3.8, 4) is 5.75 Å². The van der Waals surface area contributed by atoms with Gasteiger partial charge < -0.3 is 14.9 Å². The maximum absolute atomic E-state index is 13.0. The molecular weight excluding hydrogens is 300 g/mol. The van der Waals surface area contributed by atoms with Crippen molar-refractivity contribution in [1.29, 1.82) is 0 Å². The Labute approximate surface area is 145 Å². The molecule has 3 atom stereocenters. The maximum Gasteiger partial charge on any atom is 0.320 e. The molecule has 2 bridgehead atoms. The first-order valence-corrected chi connectivity index (χ1v) is 9.30. The zero-order valence-electron chi connectivity index (χ0n) is 15.4. The molecule has 1 heterocycles. The highest BCUT2D eigenvalue weighted by Gasteiger charge is 2.50. The number of nitrogens with zero attached hydrogens (tertiary/aromatic N) is 2. The molecule has 0 saturated carbocycles. The van der Waals surface area contributed by atoms with Gasteiger partial charge in [0.1, 0.15) is 5.75 Å². The van der Waals surface area contributed by atoms with Crippen molar-refractivity contribution in [2.45, 2.75) is 58.4 Å². The molecule has 4 nitrogen and oxygen atoms in total. The molecule has 0 aromatic heterocycles. The average Bonchev–Trinajstić information content (AvgIpc) is 2.56. The van der Waals surface area contributed by atoms with Crippen LogP contribution in [0.25, 0.3) is 0 Å². The molecule has 1 aromatic rings. The van der Waals surface area contributed by atoms with Gasteiger partial charge in [0, 0.05) is 25.7 Å². The number of urea groups is 1. The summed E-state index contributed by atoms with van der Waals surface area (Å²) in [5.74, 6) is 0.740. The van der Waals surface area contributed by atoms with Crippen LogP contribution in [0.1, 0.15) is 51.7 Å². The lowest BCUT2D eigenvalue weighted by Gasteiger charge is -2.55. The molecule has 0 radical (unpaired) electrons. The minimum absolute atomic E-state index is 0.0373. The number of hydrogen-bond acceptors (Lipinski definition) is 2. The number of aromatic hydroxyl groups is 1. The molecule has 2 amide bonds. The third-order valence-electron chi connectivity index (χ3n) is 6.38. The van der Waals surface area contributed by atoms with Crippen LogP contribution in [-0.2, 0) is 11.8 Å². The fourth-order valence-corrected chi connectivity index (χ4v) is 4.69. The van der Waals surface area contributed by atoms with Gasteiger partial charge in [0.05, 0.1) is 0 Å². The van der Waals surface area contributed by atoms with Crippen molar-refractivity contribution in [3.63, 3.8) is 0 Å². The third kappa shape index (κ3) is 2.56. The second-order valence-corrected chi connectivity index (χ2v) is 7.62. The highest BCUT2D eigenvalue weighted by molar-refractivity contribution is 5.75. The Morgan fingerprint density at radius 1 is 1.42 bits per heavy atom. The monoisotopic (exact) mass is 330 g/mol. The highest BCUT2D eigenvalue weighted by Crippen LogP contribution is 2.49. The zero-order valence-corrected chi connectivity index (χ0v) is 15.4. The van der Waals surface area contributed by atoms with Crippen molar-refractivity contribution in [1.82, 2.24) is 9.80 Å². The van der Waals surface area contributed by atoms with Crippen LogP contribution in [-0.4, -0.2) is 46.6 Å². The quantitative estimate of drug-likeness (QED) is 0.917. The van der Waals surface area contributed by atoms with Gasteiger partial charge in [-0.15, -0.1) is 0 Å². The number of fused-ring (bicyclic) bond motifs is 4. The van der Waals surface area contributed by atoms with Crippen LogP contribution in [0.4, 0.5) is 4.79 Å². The van der Waals surface area contributed by atoms with E-state index in [1.807, 2.05) is 17.0 Å². The first kappa shape index (κ1) is 17.1. The Bertz CT molecular complexity index is 630. The van der Waals surface area contributed by atoms with Gasteiger partial charge in [-0.1, -0.05) is 26.8 Å². The molecule has 1 aliphatic heterocycles. The summed E-state index contributed by atoms with van der Waals surface area (Å²) in [5, 5.41) is 9.92. The van der Waals surface area contributed by atoms with Crippen molar-refractivity contribution in [2.75, 3.05) is 19.6 Å². The number of benzene rings is 1. The average molecular weight is 330 g/mol. The molecule has 1 fully saturated rings. The van der Waals surface area contributed by atoms with Gasteiger partial charge in [0.25, 0.3) is 0 Å². The van der Waals surface area contributed by atoms with Crippen LogP contribution in [0.2, 0.25) is 0 Å². The largest absolute Gasteiger partial charge is 0.508 e. The van der Waals surface area contributed by atoms with E-state index in [0.29, 0.717) is 11.7 Å². The predicted molar refractivity (Wildman–Crippen MR) is 96.4 cm³/mol. The van der Waals surface area contributed by atoms with E-state index in [0.717, 1.165) is 38.9 Å². The molecular formula is C20H30N2O2. The first-order chi connectivity index (χ1) is 11.4. The molecule has 1 aliphatic carbocycles. The van der Waals surface area contributed by atoms with Crippen LogP contribution in [0.15, 0.2) is 18.2 Å². The lowest BCUT2D eigenvalue weighted by atomic mass is 9.59. The number of piperidine rings is 1. The van der Waals surface area contributed by atoms with Crippen LogP contribution >= 0.6 is 0 Å². The molecule has 1 aromatic carbocycles. The number of phenols is 1. The van der Waals surface area contributed by atoms with Crippen LogP contribution < -0.4 is 0 Å². The highest BCUT2D eigenvalue weighted by atomic mass is 16.3. The van der Waals surface area contributed by atoms with E-state index < -0.39 is 0 Å². The molecule has 4 heteroatoms. The molecule has 3 unspecified atom stereocenters. The summed E-state index contributed by atoms with van der Waals surface area (Å²) >= 11 is 0. The molecule has 132 valence electrons.